The summed E-state index contributed by atoms with van der Waals surface area (Å²) in [6.07, 6.45) is 5.91. The molecule has 0 bridgehead atoms. The second-order valence-corrected chi connectivity index (χ2v) is 5.18. The first-order valence-electron chi connectivity index (χ1n) is 5.18. The van der Waals surface area contributed by atoms with Crippen molar-refractivity contribution in [3.63, 3.8) is 0 Å². The molecular weight excluding hydrogens is 164 g/mol. The number of aliphatic hydroxyl groups is 2. The number of allylic oxidation sites excluding steroid dienone is 2. The summed E-state index contributed by atoms with van der Waals surface area (Å²) in [7, 11) is 0. The minimum atomic E-state index is -0.631. The lowest BCUT2D eigenvalue weighted by Crippen LogP contribution is -2.36. The zero-order chi connectivity index (χ0) is 9.22. The molecule has 0 aromatic rings. The van der Waals surface area contributed by atoms with Crippen molar-refractivity contribution in [2.75, 3.05) is 0 Å². The van der Waals surface area contributed by atoms with Crippen LogP contribution in [-0.2, 0) is 0 Å². The lowest BCUT2D eigenvalue weighted by molar-refractivity contribution is -0.0338. The molecule has 5 unspecified atom stereocenters. The molecule has 0 aliphatic heterocycles. The highest BCUT2D eigenvalue weighted by Crippen LogP contribution is 2.58. The smallest absolute Gasteiger partial charge is 0.0681 e. The standard InChI is InChI=1S/C11H16O2/c1-11(13)5-7-3-2-6-4-8(12)10(11)9(6)7/h2-3,6-10,12-13H,4-5H2,1H3/t6?,7?,8-,9?,10?,11?/m1/s1. The molecule has 0 saturated heterocycles. The Bertz CT molecular complexity index is 269. The van der Waals surface area contributed by atoms with Crippen LogP contribution in [0.1, 0.15) is 19.8 Å². The van der Waals surface area contributed by atoms with Crippen LogP contribution in [0.25, 0.3) is 0 Å². The van der Waals surface area contributed by atoms with Crippen molar-refractivity contribution >= 4 is 0 Å². The lowest BCUT2D eigenvalue weighted by atomic mass is 9.86. The molecule has 3 rings (SSSR count). The molecule has 2 saturated carbocycles. The quantitative estimate of drug-likeness (QED) is 0.545. The average Bonchev–Trinajstić information content (AvgIpc) is 2.55. The van der Waals surface area contributed by atoms with Crippen molar-refractivity contribution < 1.29 is 10.2 Å². The van der Waals surface area contributed by atoms with Gasteiger partial charge in [0.15, 0.2) is 0 Å². The van der Waals surface area contributed by atoms with Gasteiger partial charge in [-0.1, -0.05) is 12.2 Å². The Balaban J connectivity index is 2.03. The Morgan fingerprint density at radius 3 is 2.77 bits per heavy atom. The maximum absolute atomic E-state index is 10.2. The third-order valence-corrected chi connectivity index (χ3v) is 4.30. The second-order valence-electron chi connectivity index (χ2n) is 5.18. The summed E-state index contributed by atoms with van der Waals surface area (Å²) >= 11 is 0. The number of rotatable bonds is 0. The van der Waals surface area contributed by atoms with Gasteiger partial charge in [0.05, 0.1) is 11.7 Å². The summed E-state index contributed by atoms with van der Waals surface area (Å²) in [6, 6.07) is 0. The Kier molecular flexibility index (Phi) is 1.34. The Morgan fingerprint density at radius 1 is 1.31 bits per heavy atom. The van der Waals surface area contributed by atoms with Crippen molar-refractivity contribution in [3.8, 4) is 0 Å². The van der Waals surface area contributed by atoms with Gasteiger partial charge in [-0.15, -0.1) is 0 Å². The molecule has 2 nitrogen and oxygen atoms in total. The normalized spacial score (nSPS) is 63.2. The molecule has 0 radical (unpaired) electrons. The van der Waals surface area contributed by atoms with Crippen molar-refractivity contribution in [3.05, 3.63) is 12.2 Å². The van der Waals surface area contributed by atoms with Gasteiger partial charge in [0.1, 0.15) is 0 Å². The van der Waals surface area contributed by atoms with Gasteiger partial charge in [-0.3, -0.25) is 0 Å². The summed E-state index contributed by atoms with van der Waals surface area (Å²) in [5.41, 5.74) is -0.631. The molecule has 0 aromatic carbocycles. The van der Waals surface area contributed by atoms with Crippen molar-refractivity contribution in [2.45, 2.75) is 31.5 Å². The van der Waals surface area contributed by atoms with E-state index in [2.05, 4.69) is 12.2 Å². The molecular formula is C11H16O2. The van der Waals surface area contributed by atoms with Crippen LogP contribution < -0.4 is 0 Å². The fourth-order valence-corrected chi connectivity index (χ4v) is 3.96. The van der Waals surface area contributed by atoms with E-state index in [1.807, 2.05) is 6.92 Å². The van der Waals surface area contributed by atoms with E-state index in [9.17, 15) is 10.2 Å². The van der Waals surface area contributed by atoms with Gasteiger partial charge in [0.25, 0.3) is 0 Å². The molecule has 3 aliphatic rings. The number of hydrogen-bond donors (Lipinski definition) is 2. The van der Waals surface area contributed by atoms with Gasteiger partial charge in [-0.05, 0) is 37.5 Å². The third-order valence-electron chi connectivity index (χ3n) is 4.30. The third kappa shape index (κ3) is 0.856. The highest BCUT2D eigenvalue weighted by Gasteiger charge is 2.59. The topological polar surface area (TPSA) is 40.5 Å². The van der Waals surface area contributed by atoms with Crippen molar-refractivity contribution in [1.82, 2.24) is 0 Å². The maximum atomic E-state index is 10.2. The van der Waals surface area contributed by atoms with E-state index < -0.39 is 5.60 Å². The molecule has 3 aliphatic carbocycles. The molecule has 0 spiro atoms. The van der Waals surface area contributed by atoms with E-state index in [-0.39, 0.29) is 12.0 Å². The Morgan fingerprint density at radius 2 is 2.00 bits per heavy atom. The lowest BCUT2D eigenvalue weighted by Gasteiger charge is -2.27. The van der Waals surface area contributed by atoms with Crippen LogP contribution in [0.5, 0.6) is 0 Å². The van der Waals surface area contributed by atoms with Crippen LogP contribution >= 0.6 is 0 Å². The zero-order valence-corrected chi connectivity index (χ0v) is 7.85. The van der Waals surface area contributed by atoms with Gasteiger partial charge in [-0.2, -0.15) is 0 Å². The van der Waals surface area contributed by atoms with Crippen LogP contribution in [0.3, 0.4) is 0 Å². The summed E-state index contributed by atoms with van der Waals surface area (Å²) in [6.45, 7) is 1.88. The Hall–Kier alpha value is -0.340. The van der Waals surface area contributed by atoms with Crippen LogP contribution in [0.15, 0.2) is 12.2 Å². The van der Waals surface area contributed by atoms with E-state index in [1.165, 1.54) is 0 Å². The van der Waals surface area contributed by atoms with Crippen molar-refractivity contribution in [2.24, 2.45) is 23.7 Å². The summed E-state index contributed by atoms with van der Waals surface area (Å²) < 4.78 is 0. The molecule has 0 aromatic heterocycles. The number of aliphatic hydroxyl groups excluding tert-OH is 1. The van der Waals surface area contributed by atoms with Gasteiger partial charge >= 0.3 is 0 Å². The SMILES string of the molecule is CC1(O)CC2C=CC3C[C@@H](O)C1C32. The molecule has 0 heterocycles. The first-order valence-corrected chi connectivity index (χ1v) is 5.18. The first kappa shape index (κ1) is 8.01. The van der Waals surface area contributed by atoms with E-state index >= 15 is 0 Å². The highest BCUT2D eigenvalue weighted by atomic mass is 16.3. The zero-order valence-electron chi connectivity index (χ0n) is 7.85. The first-order chi connectivity index (χ1) is 6.09. The van der Waals surface area contributed by atoms with Crippen LogP contribution in [-0.4, -0.2) is 21.9 Å². The van der Waals surface area contributed by atoms with Gasteiger partial charge in [0.2, 0.25) is 0 Å². The number of hydrogen-bond acceptors (Lipinski definition) is 2. The van der Waals surface area contributed by atoms with Gasteiger partial charge < -0.3 is 10.2 Å². The fraction of sp³-hybridized carbons (Fsp3) is 0.818. The molecule has 0 amide bonds. The van der Waals surface area contributed by atoms with Gasteiger partial charge in [-0.25, -0.2) is 0 Å². The highest BCUT2D eigenvalue weighted by molar-refractivity contribution is 5.21. The largest absolute Gasteiger partial charge is 0.393 e. The average molecular weight is 180 g/mol. The molecule has 2 heteroatoms. The summed E-state index contributed by atoms with van der Waals surface area (Å²) in [5.74, 6) is 1.73. The molecule has 2 N–H and O–H groups in total. The molecule has 72 valence electrons. The fourth-order valence-electron chi connectivity index (χ4n) is 3.96. The summed E-state index contributed by atoms with van der Waals surface area (Å²) in [4.78, 5) is 0. The second kappa shape index (κ2) is 2.18. The molecule has 2 fully saturated rings. The van der Waals surface area contributed by atoms with E-state index in [0.29, 0.717) is 17.8 Å². The van der Waals surface area contributed by atoms with Crippen LogP contribution in [0.2, 0.25) is 0 Å². The minimum Gasteiger partial charge on any atom is -0.393 e. The predicted octanol–water partition coefficient (Wildman–Crippen LogP) is 0.940. The van der Waals surface area contributed by atoms with Gasteiger partial charge in [0, 0.05) is 5.92 Å². The Labute approximate surface area is 78.3 Å². The van der Waals surface area contributed by atoms with E-state index in [1.54, 1.807) is 0 Å². The maximum Gasteiger partial charge on any atom is 0.0681 e. The molecule has 13 heavy (non-hydrogen) atoms. The minimum absolute atomic E-state index is 0.123. The van der Waals surface area contributed by atoms with Crippen molar-refractivity contribution in [1.29, 1.82) is 0 Å². The predicted molar refractivity (Wildman–Crippen MR) is 49.0 cm³/mol. The van der Waals surface area contributed by atoms with Crippen LogP contribution in [0, 0.1) is 23.7 Å². The monoisotopic (exact) mass is 180 g/mol. The summed E-state index contributed by atoms with van der Waals surface area (Å²) in [5, 5.41) is 20.0. The molecule has 6 atom stereocenters. The van der Waals surface area contributed by atoms with E-state index in [0.717, 1.165) is 12.8 Å². The van der Waals surface area contributed by atoms with E-state index in [4.69, 9.17) is 0 Å². The van der Waals surface area contributed by atoms with Crippen LogP contribution in [0.4, 0.5) is 0 Å².